The summed E-state index contributed by atoms with van der Waals surface area (Å²) < 4.78 is 10.8. The van der Waals surface area contributed by atoms with Crippen molar-refractivity contribution in [1.82, 2.24) is 0 Å². The second-order valence-electron chi connectivity index (χ2n) is 4.48. The maximum Gasteiger partial charge on any atom is 0.374 e. The molecule has 0 fully saturated rings. The van der Waals surface area contributed by atoms with E-state index in [-0.39, 0.29) is 18.1 Å². The molecule has 3 rings (SSSR count). The van der Waals surface area contributed by atoms with Crippen LogP contribution >= 0.6 is 0 Å². The number of carbonyl (C=O) groups excluding carboxylic acids is 1. The zero-order valence-corrected chi connectivity index (χ0v) is 11.0. The Labute approximate surface area is 115 Å². The number of hydrogen-bond acceptors (Lipinski definition) is 4. The molecule has 102 valence electrons. The second kappa shape index (κ2) is 4.89. The van der Waals surface area contributed by atoms with Crippen LogP contribution in [0, 0.1) is 0 Å². The number of hydrogen-bond donors (Lipinski definition) is 1. The molecule has 0 bridgehead atoms. The molecule has 1 aliphatic carbocycles. The van der Waals surface area contributed by atoms with Crippen LogP contribution < -0.4 is 10.4 Å². The standard InChI is InChI=1S/C16H14O4/c1-2-19-16(18)15-11-7-4-3-6-10(11)14-12(17)8-5-9-13(14)20-15/h3-9,13,17H,2H2,1H3. The Morgan fingerprint density at radius 3 is 2.85 bits per heavy atom. The first kappa shape index (κ1) is 12.5. The van der Waals surface area contributed by atoms with Crippen molar-refractivity contribution in [3.8, 4) is 0 Å². The molecule has 1 atom stereocenters. The Hall–Kier alpha value is -2.49. The van der Waals surface area contributed by atoms with Crippen LogP contribution in [-0.4, -0.2) is 23.8 Å². The number of allylic oxidation sites excluding steroid dienone is 2. The highest BCUT2D eigenvalue weighted by atomic mass is 16.6. The number of esters is 1. The van der Waals surface area contributed by atoms with E-state index in [1.165, 1.54) is 0 Å². The van der Waals surface area contributed by atoms with E-state index >= 15 is 0 Å². The summed E-state index contributed by atoms with van der Waals surface area (Å²) in [7, 11) is 0. The van der Waals surface area contributed by atoms with Gasteiger partial charge in [0.25, 0.3) is 0 Å². The third-order valence-electron chi connectivity index (χ3n) is 3.27. The Balaban J connectivity index is 2.32. The SMILES string of the molecule is CCOC(=O)C1=c2ccccc2=C2C(O)=CC=CC2O1. The summed E-state index contributed by atoms with van der Waals surface area (Å²) in [6.45, 7) is 2.04. The van der Waals surface area contributed by atoms with Crippen molar-refractivity contribution in [3.63, 3.8) is 0 Å². The highest BCUT2D eigenvalue weighted by Gasteiger charge is 2.29. The van der Waals surface area contributed by atoms with E-state index in [4.69, 9.17) is 9.47 Å². The van der Waals surface area contributed by atoms with Crippen LogP contribution in [-0.2, 0) is 14.3 Å². The number of fused-ring (bicyclic) bond motifs is 2. The quantitative estimate of drug-likeness (QED) is 0.812. The number of benzene rings is 1. The van der Waals surface area contributed by atoms with Crippen LogP contribution in [0.5, 0.6) is 0 Å². The van der Waals surface area contributed by atoms with Crippen molar-refractivity contribution < 1.29 is 19.4 Å². The summed E-state index contributed by atoms with van der Waals surface area (Å²) in [5, 5.41) is 11.5. The molecule has 4 heteroatoms. The fourth-order valence-electron chi connectivity index (χ4n) is 2.43. The van der Waals surface area contributed by atoms with Crippen LogP contribution in [0.4, 0.5) is 0 Å². The topological polar surface area (TPSA) is 55.8 Å². The molecule has 0 aromatic heterocycles. The Kier molecular flexibility index (Phi) is 3.06. The number of rotatable bonds is 2. The molecule has 1 aliphatic heterocycles. The Bertz CT molecular complexity index is 740. The van der Waals surface area contributed by atoms with Gasteiger partial charge < -0.3 is 14.6 Å². The van der Waals surface area contributed by atoms with Gasteiger partial charge in [0.2, 0.25) is 5.76 Å². The first-order valence-corrected chi connectivity index (χ1v) is 6.47. The molecule has 1 unspecified atom stereocenters. The molecule has 2 aliphatic rings. The van der Waals surface area contributed by atoms with Gasteiger partial charge in [0.05, 0.1) is 6.61 Å². The first-order chi connectivity index (χ1) is 9.72. The minimum atomic E-state index is -0.485. The lowest BCUT2D eigenvalue weighted by Crippen LogP contribution is -2.41. The van der Waals surface area contributed by atoms with Gasteiger partial charge in [-0.2, -0.15) is 0 Å². The van der Waals surface area contributed by atoms with Crippen LogP contribution in [0.1, 0.15) is 6.92 Å². The fraction of sp³-hybridized carbons (Fsp3) is 0.188. The average Bonchev–Trinajstić information content (AvgIpc) is 2.46. The first-order valence-electron chi connectivity index (χ1n) is 6.47. The predicted octanol–water partition coefficient (Wildman–Crippen LogP) is 0.919. The largest absolute Gasteiger partial charge is 0.507 e. The fourth-order valence-corrected chi connectivity index (χ4v) is 2.43. The van der Waals surface area contributed by atoms with E-state index in [0.717, 1.165) is 5.22 Å². The molecule has 0 radical (unpaired) electrons. The van der Waals surface area contributed by atoms with Crippen LogP contribution in [0.3, 0.4) is 0 Å². The van der Waals surface area contributed by atoms with Crippen molar-refractivity contribution in [2.24, 2.45) is 0 Å². The molecule has 0 saturated carbocycles. The molecule has 20 heavy (non-hydrogen) atoms. The Morgan fingerprint density at radius 2 is 2.10 bits per heavy atom. The number of aliphatic hydroxyl groups is 1. The lowest BCUT2D eigenvalue weighted by molar-refractivity contribution is -0.138. The molecule has 1 N–H and O–H groups in total. The monoisotopic (exact) mass is 270 g/mol. The highest BCUT2D eigenvalue weighted by Crippen LogP contribution is 2.25. The van der Waals surface area contributed by atoms with Gasteiger partial charge in [0, 0.05) is 10.8 Å². The maximum absolute atomic E-state index is 12.0. The van der Waals surface area contributed by atoms with E-state index < -0.39 is 12.1 Å². The third-order valence-corrected chi connectivity index (χ3v) is 3.27. The van der Waals surface area contributed by atoms with E-state index in [1.807, 2.05) is 18.2 Å². The van der Waals surface area contributed by atoms with Crippen LogP contribution in [0.15, 0.2) is 48.3 Å². The lowest BCUT2D eigenvalue weighted by atomic mass is 9.96. The minimum Gasteiger partial charge on any atom is -0.507 e. The number of carbonyl (C=O) groups is 1. The van der Waals surface area contributed by atoms with Crippen molar-refractivity contribution >= 4 is 17.3 Å². The normalized spacial score (nSPS) is 19.6. The van der Waals surface area contributed by atoms with Crippen LogP contribution in [0.2, 0.25) is 0 Å². The van der Waals surface area contributed by atoms with Crippen molar-refractivity contribution in [3.05, 3.63) is 58.7 Å². The molecule has 0 amide bonds. The van der Waals surface area contributed by atoms with Gasteiger partial charge >= 0.3 is 5.97 Å². The second-order valence-corrected chi connectivity index (χ2v) is 4.48. The molecular weight excluding hydrogens is 256 g/mol. The molecule has 1 heterocycles. The molecule has 0 spiro atoms. The van der Waals surface area contributed by atoms with E-state index in [1.54, 1.807) is 31.2 Å². The van der Waals surface area contributed by atoms with Gasteiger partial charge in [-0.25, -0.2) is 4.79 Å². The van der Waals surface area contributed by atoms with Crippen molar-refractivity contribution in [1.29, 1.82) is 0 Å². The van der Waals surface area contributed by atoms with Gasteiger partial charge in [0.1, 0.15) is 11.9 Å². The maximum atomic E-state index is 12.0. The summed E-state index contributed by atoms with van der Waals surface area (Å²) in [6.07, 6.45) is 4.65. The highest BCUT2D eigenvalue weighted by molar-refractivity contribution is 6.07. The summed E-state index contributed by atoms with van der Waals surface area (Å²) in [5.41, 5.74) is 0.677. The zero-order valence-electron chi connectivity index (χ0n) is 11.0. The number of aliphatic hydroxyl groups excluding tert-OH is 1. The van der Waals surface area contributed by atoms with Gasteiger partial charge in [-0.15, -0.1) is 0 Å². The Morgan fingerprint density at radius 1 is 1.35 bits per heavy atom. The van der Waals surface area contributed by atoms with Gasteiger partial charge in [-0.05, 0) is 24.3 Å². The number of ether oxygens (including phenoxy) is 2. The van der Waals surface area contributed by atoms with E-state index in [9.17, 15) is 9.90 Å². The third kappa shape index (κ3) is 1.90. The molecule has 0 saturated heterocycles. The average molecular weight is 270 g/mol. The molecule has 1 aromatic rings. The summed E-state index contributed by atoms with van der Waals surface area (Å²) in [4.78, 5) is 12.0. The molecular formula is C16H14O4. The molecule has 1 aromatic carbocycles. The molecule has 4 nitrogen and oxygen atoms in total. The lowest BCUT2D eigenvalue weighted by Gasteiger charge is -2.25. The van der Waals surface area contributed by atoms with Crippen molar-refractivity contribution in [2.45, 2.75) is 13.0 Å². The summed E-state index contributed by atoms with van der Waals surface area (Å²) in [5.74, 6) is -0.134. The van der Waals surface area contributed by atoms with Crippen LogP contribution in [0.25, 0.3) is 11.3 Å². The predicted molar refractivity (Wildman–Crippen MR) is 73.9 cm³/mol. The zero-order chi connectivity index (χ0) is 14.1. The minimum absolute atomic E-state index is 0.160. The van der Waals surface area contributed by atoms with E-state index in [0.29, 0.717) is 10.8 Å². The van der Waals surface area contributed by atoms with Crippen molar-refractivity contribution in [2.75, 3.05) is 6.61 Å². The van der Waals surface area contributed by atoms with Gasteiger partial charge in [-0.3, -0.25) is 0 Å². The summed E-state index contributed by atoms with van der Waals surface area (Å²) >= 11 is 0. The van der Waals surface area contributed by atoms with Gasteiger partial charge in [0.15, 0.2) is 0 Å². The van der Waals surface area contributed by atoms with Gasteiger partial charge in [-0.1, -0.05) is 30.3 Å². The van der Waals surface area contributed by atoms with E-state index in [2.05, 4.69) is 0 Å². The smallest absolute Gasteiger partial charge is 0.374 e. The summed E-state index contributed by atoms with van der Waals surface area (Å²) in [6, 6.07) is 7.34.